The summed E-state index contributed by atoms with van der Waals surface area (Å²) in [6.45, 7) is 8.25. The number of ether oxygens (including phenoxy) is 1. The highest BCUT2D eigenvalue weighted by Gasteiger charge is 2.23. The van der Waals surface area contributed by atoms with Crippen molar-refractivity contribution in [2.24, 2.45) is 5.92 Å². The zero-order valence-electron chi connectivity index (χ0n) is 13.0. The van der Waals surface area contributed by atoms with Gasteiger partial charge >= 0.3 is 5.97 Å². The van der Waals surface area contributed by atoms with Crippen LogP contribution in [0.1, 0.15) is 40.5 Å². The van der Waals surface area contributed by atoms with E-state index >= 15 is 0 Å². The van der Waals surface area contributed by atoms with Gasteiger partial charge in [-0.1, -0.05) is 20.3 Å². The predicted octanol–water partition coefficient (Wildman–Crippen LogP) is 1.42. The van der Waals surface area contributed by atoms with Crippen LogP contribution in [0.4, 0.5) is 0 Å². The highest BCUT2D eigenvalue weighted by molar-refractivity contribution is 5.81. The average molecular weight is 272 g/mol. The fourth-order valence-electron chi connectivity index (χ4n) is 1.93. The van der Waals surface area contributed by atoms with E-state index in [9.17, 15) is 9.59 Å². The molecule has 19 heavy (non-hydrogen) atoms. The van der Waals surface area contributed by atoms with Gasteiger partial charge in [0.05, 0.1) is 19.1 Å². The number of rotatable bonds is 8. The van der Waals surface area contributed by atoms with Gasteiger partial charge in [-0.05, 0) is 27.3 Å². The SMILES string of the molecule is CCCC(C)NC(=O)C(C)N(C)CC(C)C(=O)OC. The van der Waals surface area contributed by atoms with Crippen LogP contribution in [0.15, 0.2) is 0 Å². The van der Waals surface area contributed by atoms with Gasteiger partial charge in [-0.15, -0.1) is 0 Å². The van der Waals surface area contributed by atoms with Crippen LogP contribution >= 0.6 is 0 Å². The van der Waals surface area contributed by atoms with Crippen molar-refractivity contribution in [1.29, 1.82) is 0 Å². The maximum atomic E-state index is 12.0. The molecule has 0 aliphatic carbocycles. The lowest BCUT2D eigenvalue weighted by Gasteiger charge is -2.27. The zero-order valence-corrected chi connectivity index (χ0v) is 13.0. The van der Waals surface area contributed by atoms with E-state index in [0.717, 1.165) is 12.8 Å². The quantitative estimate of drug-likeness (QED) is 0.679. The van der Waals surface area contributed by atoms with Crippen LogP contribution in [0.5, 0.6) is 0 Å². The number of esters is 1. The second kappa shape index (κ2) is 8.91. The molecule has 0 saturated carbocycles. The number of carbonyl (C=O) groups excluding carboxylic acids is 2. The normalized spacial score (nSPS) is 15.7. The first-order valence-corrected chi connectivity index (χ1v) is 6.91. The third-order valence-corrected chi connectivity index (χ3v) is 3.32. The van der Waals surface area contributed by atoms with Crippen LogP contribution in [-0.2, 0) is 14.3 Å². The second-order valence-corrected chi connectivity index (χ2v) is 5.24. The van der Waals surface area contributed by atoms with Crippen LogP contribution < -0.4 is 5.32 Å². The molecule has 0 rings (SSSR count). The maximum Gasteiger partial charge on any atom is 0.309 e. The van der Waals surface area contributed by atoms with Gasteiger partial charge in [0, 0.05) is 12.6 Å². The molecule has 112 valence electrons. The maximum absolute atomic E-state index is 12.0. The van der Waals surface area contributed by atoms with Crippen molar-refractivity contribution in [3.8, 4) is 0 Å². The Kier molecular flexibility index (Phi) is 8.39. The van der Waals surface area contributed by atoms with E-state index in [-0.39, 0.29) is 29.9 Å². The number of carbonyl (C=O) groups is 2. The number of amides is 1. The molecule has 1 amide bonds. The highest BCUT2D eigenvalue weighted by atomic mass is 16.5. The van der Waals surface area contributed by atoms with Crippen molar-refractivity contribution in [3.63, 3.8) is 0 Å². The molecule has 0 aromatic rings. The van der Waals surface area contributed by atoms with E-state index in [1.165, 1.54) is 7.11 Å². The van der Waals surface area contributed by atoms with E-state index < -0.39 is 0 Å². The fourth-order valence-corrected chi connectivity index (χ4v) is 1.93. The molecule has 5 nitrogen and oxygen atoms in total. The lowest BCUT2D eigenvalue weighted by Crippen LogP contribution is -2.47. The van der Waals surface area contributed by atoms with E-state index in [4.69, 9.17) is 0 Å². The molecule has 3 unspecified atom stereocenters. The zero-order chi connectivity index (χ0) is 15.0. The van der Waals surface area contributed by atoms with Gasteiger partial charge in [-0.2, -0.15) is 0 Å². The summed E-state index contributed by atoms with van der Waals surface area (Å²) >= 11 is 0. The van der Waals surface area contributed by atoms with Crippen molar-refractivity contribution in [3.05, 3.63) is 0 Å². The summed E-state index contributed by atoms with van der Waals surface area (Å²) < 4.78 is 4.68. The van der Waals surface area contributed by atoms with E-state index in [2.05, 4.69) is 17.0 Å². The molecular weight excluding hydrogens is 244 g/mol. The van der Waals surface area contributed by atoms with Crippen LogP contribution in [0.3, 0.4) is 0 Å². The third kappa shape index (κ3) is 6.57. The Hall–Kier alpha value is -1.10. The number of likely N-dealkylation sites (N-methyl/N-ethyl adjacent to an activating group) is 1. The Bertz CT molecular complexity index is 294. The van der Waals surface area contributed by atoms with Crippen LogP contribution in [0, 0.1) is 5.92 Å². The van der Waals surface area contributed by atoms with Crippen LogP contribution in [-0.4, -0.2) is 49.6 Å². The monoisotopic (exact) mass is 272 g/mol. The Balaban J connectivity index is 4.27. The molecule has 0 spiro atoms. The fraction of sp³-hybridized carbons (Fsp3) is 0.857. The van der Waals surface area contributed by atoms with Crippen molar-refractivity contribution in [1.82, 2.24) is 10.2 Å². The molecule has 0 fully saturated rings. The summed E-state index contributed by atoms with van der Waals surface area (Å²) in [6.07, 6.45) is 2.02. The summed E-state index contributed by atoms with van der Waals surface area (Å²) in [7, 11) is 3.22. The van der Waals surface area contributed by atoms with E-state index in [0.29, 0.717) is 6.54 Å². The van der Waals surface area contributed by atoms with Crippen molar-refractivity contribution in [2.75, 3.05) is 20.7 Å². The number of nitrogens with one attached hydrogen (secondary N) is 1. The highest BCUT2D eigenvalue weighted by Crippen LogP contribution is 2.05. The molecule has 1 N–H and O–H groups in total. The summed E-state index contributed by atoms with van der Waals surface area (Å²) in [5.74, 6) is -0.488. The first kappa shape index (κ1) is 17.9. The topological polar surface area (TPSA) is 58.6 Å². The Morgan fingerprint density at radius 2 is 1.84 bits per heavy atom. The predicted molar refractivity (Wildman–Crippen MR) is 75.8 cm³/mol. The smallest absolute Gasteiger partial charge is 0.309 e. The molecule has 0 aromatic carbocycles. The minimum Gasteiger partial charge on any atom is -0.469 e. The van der Waals surface area contributed by atoms with Gasteiger partial charge in [-0.3, -0.25) is 14.5 Å². The van der Waals surface area contributed by atoms with Gasteiger partial charge in [0.25, 0.3) is 0 Å². The number of hydrogen-bond donors (Lipinski definition) is 1. The molecule has 3 atom stereocenters. The van der Waals surface area contributed by atoms with Gasteiger partial charge in [0.2, 0.25) is 5.91 Å². The third-order valence-electron chi connectivity index (χ3n) is 3.32. The molecule has 0 aliphatic rings. The summed E-state index contributed by atoms with van der Waals surface area (Å²) in [4.78, 5) is 25.2. The van der Waals surface area contributed by atoms with Crippen LogP contribution in [0.2, 0.25) is 0 Å². The van der Waals surface area contributed by atoms with Gasteiger partial charge in [-0.25, -0.2) is 0 Å². The molecule has 0 aromatic heterocycles. The van der Waals surface area contributed by atoms with Crippen molar-refractivity contribution in [2.45, 2.75) is 52.6 Å². The average Bonchev–Trinajstić information content (AvgIpc) is 2.36. The summed E-state index contributed by atoms with van der Waals surface area (Å²) in [5, 5.41) is 2.98. The molecule has 0 bridgehead atoms. The Morgan fingerprint density at radius 3 is 2.32 bits per heavy atom. The number of nitrogens with zero attached hydrogens (tertiary/aromatic N) is 1. The number of hydrogen-bond acceptors (Lipinski definition) is 4. The van der Waals surface area contributed by atoms with Crippen molar-refractivity contribution >= 4 is 11.9 Å². The number of methoxy groups -OCH3 is 1. The Morgan fingerprint density at radius 1 is 1.26 bits per heavy atom. The minimum absolute atomic E-state index is 0.000478. The lowest BCUT2D eigenvalue weighted by molar-refractivity contribution is -0.146. The van der Waals surface area contributed by atoms with E-state index in [1.54, 1.807) is 6.92 Å². The summed E-state index contributed by atoms with van der Waals surface area (Å²) in [6, 6.07) is -0.0715. The summed E-state index contributed by atoms with van der Waals surface area (Å²) in [5.41, 5.74) is 0. The lowest BCUT2D eigenvalue weighted by atomic mass is 10.1. The van der Waals surface area contributed by atoms with Crippen LogP contribution in [0.25, 0.3) is 0 Å². The molecule has 0 radical (unpaired) electrons. The molecule has 0 heterocycles. The second-order valence-electron chi connectivity index (χ2n) is 5.24. The molecule has 5 heteroatoms. The minimum atomic E-state index is -0.258. The van der Waals surface area contributed by atoms with E-state index in [1.807, 2.05) is 25.8 Å². The largest absolute Gasteiger partial charge is 0.469 e. The van der Waals surface area contributed by atoms with Crippen molar-refractivity contribution < 1.29 is 14.3 Å². The van der Waals surface area contributed by atoms with Gasteiger partial charge in [0.1, 0.15) is 0 Å². The molecule has 0 saturated heterocycles. The van der Waals surface area contributed by atoms with Gasteiger partial charge < -0.3 is 10.1 Å². The Labute approximate surface area is 116 Å². The first-order chi connectivity index (χ1) is 8.83. The molecular formula is C14H28N2O3. The standard InChI is InChI=1S/C14H28N2O3/c1-7-8-11(3)15-13(17)12(4)16(5)9-10(2)14(18)19-6/h10-12H,7-9H2,1-6H3,(H,15,17). The van der Waals surface area contributed by atoms with Gasteiger partial charge in [0.15, 0.2) is 0 Å². The molecule has 0 aliphatic heterocycles. The first-order valence-electron chi connectivity index (χ1n) is 6.91.